The molecule has 0 atom stereocenters. The van der Waals surface area contributed by atoms with Crippen LogP contribution in [0.25, 0.3) is 0 Å². The fraction of sp³-hybridized carbons (Fsp3) is 0.938. The van der Waals surface area contributed by atoms with Gasteiger partial charge in [-0.15, -0.1) is 0 Å². The lowest BCUT2D eigenvalue weighted by atomic mass is 9.97. The molecule has 1 saturated heterocycles. The van der Waals surface area contributed by atoms with Crippen molar-refractivity contribution >= 4 is 5.91 Å². The monoisotopic (exact) mass is 266 g/mol. The highest BCUT2D eigenvalue weighted by molar-refractivity contribution is 5.76. The number of amides is 1. The number of rotatable bonds is 4. The zero-order valence-electron chi connectivity index (χ0n) is 12.3. The minimum absolute atomic E-state index is 0.359. The van der Waals surface area contributed by atoms with Crippen molar-refractivity contribution in [2.75, 3.05) is 19.6 Å². The van der Waals surface area contributed by atoms with E-state index in [1.807, 2.05) is 0 Å². The summed E-state index contributed by atoms with van der Waals surface area (Å²) in [5.41, 5.74) is 0. The molecule has 3 nitrogen and oxygen atoms in total. The van der Waals surface area contributed by atoms with Gasteiger partial charge in [0.15, 0.2) is 0 Å². The molecular formula is C16H30N2O. The standard InChI is InChI=1S/C16H30N2O/c19-16(18-13-7-4-8-14-18)11-12-17-15-9-5-2-1-3-6-10-15/h15,17H,1-14H2. The number of nitrogens with zero attached hydrogens (tertiary/aromatic N) is 1. The zero-order chi connectivity index (χ0) is 13.3. The van der Waals surface area contributed by atoms with Crippen LogP contribution >= 0.6 is 0 Å². The molecule has 0 aromatic heterocycles. The maximum absolute atomic E-state index is 12.0. The van der Waals surface area contributed by atoms with Gasteiger partial charge in [0, 0.05) is 32.1 Å². The lowest BCUT2D eigenvalue weighted by molar-refractivity contribution is -0.132. The maximum atomic E-state index is 12.0. The highest BCUT2D eigenvalue weighted by Gasteiger charge is 2.16. The van der Waals surface area contributed by atoms with Crippen molar-refractivity contribution in [3.63, 3.8) is 0 Å². The predicted octanol–water partition coefficient (Wildman–Crippen LogP) is 3.09. The summed E-state index contributed by atoms with van der Waals surface area (Å²) in [7, 11) is 0. The molecule has 1 amide bonds. The van der Waals surface area contributed by atoms with E-state index >= 15 is 0 Å². The van der Waals surface area contributed by atoms with Crippen LogP contribution in [0.4, 0.5) is 0 Å². The van der Waals surface area contributed by atoms with Crippen molar-refractivity contribution in [1.82, 2.24) is 10.2 Å². The largest absolute Gasteiger partial charge is 0.343 e. The van der Waals surface area contributed by atoms with E-state index in [9.17, 15) is 4.79 Å². The van der Waals surface area contributed by atoms with Crippen molar-refractivity contribution < 1.29 is 4.79 Å². The summed E-state index contributed by atoms with van der Waals surface area (Å²) in [5.74, 6) is 0.359. The van der Waals surface area contributed by atoms with E-state index in [1.54, 1.807) is 0 Å². The Morgan fingerprint density at radius 1 is 0.895 bits per heavy atom. The number of carbonyl (C=O) groups excluding carboxylic acids is 1. The molecule has 2 aliphatic rings. The van der Waals surface area contributed by atoms with E-state index in [1.165, 1.54) is 64.2 Å². The van der Waals surface area contributed by atoms with Crippen LogP contribution < -0.4 is 5.32 Å². The maximum Gasteiger partial charge on any atom is 0.223 e. The molecule has 1 aliphatic heterocycles. The van der Waals surface area contributed by atoms with E-state index in [0.29, 0.717) is 18.4 Å². The SMILES string of the molecule is O=C(CCNC1CCCCCCC1)N1CCCCC1. The molecule has 2 fully saturated rings. The fourth-order valence-corrected chi connectivity index (χ4v) is 3.34. The molecule has 0 radical (unpaired) electrons. The first-order valence-electron chi connectivity index (χ1n) is 8.37. The van der Waals surface area contributed by atoms with Crippen LogP contribution in [0, 0.1) is 0 Å². The zero-order valence-corrected chi connectivity index (χ0v) is 12.3. The summed E-state index contributed by atoms with van der Waals surface area (Å²) < 4.78 is 0. The number of nitrogens with one attached hydrogen (secondary N) is 1. The van der Waals surface area contributed by atoms with Gasteiger partial charge in [0.2, 0.25) is 5.91 Å². The van der Waals surface area contributed by atoms with E-state index in [-0.39, 0.29) is 0 Å². The second-order valence-corrected chi connectivity index (χ2v) is 6.19. The average molecular weight is 266 g/mol. The Balaban J connectivity index is 1.60. The second-order valence-electron chi connectivity index (χ2n) is 6.19. The summed E-state index contributed by atoms with van der Waals surface area (Å²) in [5, 5.41) is 3.61. The van der Waals surface area contributed by atoms with Crippen LogP contribution in [-0.4, -0.2) is 36.5 Å². The summed E-state index contributed by atoms with van der Waals surface area (Å²) in [6, 6.07) is 0.662. The van der Waals surface area contributed by atoms with Crippen molar-refractivity contribution in [2.45, 2.75) is 76.7 Å². The van der Waals surface area contributed by atoms with Crippen molar-refractivity contribution in [1.29, 1.82) is 0 Å². The second kappa shape index (κ2) is 8.57. The highest BCUT2D eigenvalue weighted by atomic mass is 16.2. The molecule has 1 heterocycles. The third-order valence-corrected chi connectivity index (χ3v) is 4.59. The first-order valence-corrected chi connectivity index (χ1v) is 8.37. The third kappa shape index (κ3) is 5.52. The molecule has 2 rings (SSSR count). The Bertz CT molecular complexity index is 253. The Morgan fingerprint density at radius 2 is 1.47 bits per heavy atom. The van der Waals surface area contributed by atoms with Crippen LogP contribution in [0.5, 0.6) is 0 Å². The Kier molecular flexibility index (Phi) is 6.69. The Labute approximate surface area is 118 Å². The van der Waals surface area contributed by atoms with Crippen LogP contribution in [0.3, 0.4) is 0 Å². The van der Waals surface area contributed by atoms with Crippen LogP contribution in [-0.2, 0) is 4.79 Å². The van der Waals surface area contributed by atoms with Gasteiger partial charge in [0.1, 0.15) is 0 Å². The lowest BCUT2D eigenvalue weighted by Crippen LogP contribution is -2.38. The van der Waals surface area contributed by atoms with E-state index < -0.39 is 0 Å². The van der Waals surface area contributed by atoms with Crippen LogP contribution in [0.15, 0.2) is 0 Å². The molecule has 1 N–H and O–H groups in total. The van der Waals surface area contributed by atoms with E-state index in [4.69, 9.17) is 0 Å². The predicted molar refractivity (Wildman–Crippen MR) is 79.2 cm³/mol. The van der Waals surface area contributed by atoms with E-state index in [0.717, 1.165) is 19.6 Å². The van der Waals surface area contributed by atoms with Gasteiger partial charge in [0.25, 0.3) is 0 Å². The molecule has 110 valence electrons. The molecule has 19 heavy (non-hydrogen) atoms. The molecule has 0 aromatic carbocycles. The van der Waals surface area contributed by atoms with Crippen molar-refractivity contribution in [3.8, 4) is 0 Å². The molecular weight excluding hydrogens is 236 g/mol. The summed E-state index contributed by atoms with van der Waals surface area (Å²) in [4.78, 5) is 14.1. The minimum Gasteiger partial charge on any atom is -0.343 e. The van der Waals surface area contributed by atoms with Gasteiger partial charge in [-0.1, -0.05) is 32.1 Å². The smallest absolute Gasteiger partial charge is 0.223 e. The molecule has 0 spiro atoms. The number of hydrogen-bond acceptors (Lipinski definition) is 2. The normalized spacial score (nSPS) is 22.8. The summed E-state index contributed by atoms with van der Waals surface area (Å²) in [6.45, 7) is 2.85. The van der Waals surface area contributed by atoms with Crippen LogP contribution in [0.1, 0.15) is 70.6 Å². The molecule has 0 unspecified atom stereocenters. The topological polar surface area (TPSA) is 32.3 Å². The first kappa shape index (κ1) is 14.8. The van der Waals surface area contributed by atoms with Crippen molar-refractivity contribution in [3.05, 3.63) is 0 Å². The number of likely N-dealkylation sites (tertiary alicyclic amines) is 1. The average Bonchev–Trinajstić information content (AvgIpc) is 2.42. The van der Waals surface area contributed by atoms with Crippen LogP contribution in [0.2, 0.25) is 0 Å². The quantitative estimate of drug-likeness (QED) is 0.848. The molecule has 0 aromatic rings. The molecule has 1 saturated carbocycles. The Morgan fingerprint density at radius 3 is 2.16 bits per heavy atom. The van der Waals surface area contributed by atoms with Gasteiger partial charge in [-0.2, -0.15) is 0 Å². The Hall–Kier alpha value is -0.570. The highest BCUT2D eigenvalue weighted by Crippen LogP contribution is 2.17. The van der Waals surface area contributed by atoms with Gasteiger partial charge in [-0.3, -0.25) is 4.79 Å². The summed E-state index contributed by atoms with van der Waals surface area (Å²) in [6.07, 6.45) is 13.9. The van der Waals surface area contributed by atoms with Gasteiger partial charge < -0.3 is 10.2 Å². The first-order chi connectivity index (χ1) is 9.36. The molecule has 3 heteroatoms. The number of piperidine rings is 1. The number of carbonyl (C=O) groups is 1. The van der Waals surface area contributed by atoms with Gasteiger partial charge in [-0.05, 0) is 32.1 Å². The number of hydrogen-bond donors (Lipinski definition) is 1. The summed E-state index contributed by atoms with van der Waals surface area (Å²) >= 11 is 0. The van der Waals surface area contributed by atoms with Crippen molar-refractivity contribution in [2.24, 2.45) is 0 Å². The fourth-order valence-electron chi connectivity index (χ4n) is 3.34. The minimum atomic E-state index is 0.359. The molecule has 1 aliphatic carbocycles. The van der Waals surface area contributed by atoms with Gasteiger partial charge in [-0.25, -0.2) is 0 Å². The van der Waals surface area contributed by atoms with E-state index in [2.05, 4.69) is 10.2 Å². The van der Waals surface area contributed by atoms with Gasteiger partial charge in [0.05, 0.1) is 0 Å². The van der Waals surface area contributed by atoms with Gasteiger partial charge >= 0.3 is 0 Å². The molecule has 0 bridgehead atoms. The third-order valence-electron chi connectivity index (χ3n) is 4.59. The lowest BCUT2D eigenvalue weighted by Gasteiger charge is -2.27.